The maximum atomic E-state index is 4.61. The minimum absolute atomic E-state index is 0.938. The van der Waals surface area contributed by atoms with Gasteiger partial charge in [-0.3, -0.25) is 0 Å². The van der Waals surface area contributed by atoms with E-state index in [1.807, 2.05) is 13.0 Å². The Morgan fingerprint density at radius 2 is 2.00 bits per heavy atom. The third kappa shape index (κ3) is 2.15. The average molecular weight is 303 g/mol. The van der Waals surface area contributed by atoms with Gasteiger partial charge in [0.2, 0.25) is 0 Å². The molecule has 1 aromatic carbocycles. The van der Waals surface area contributed by atoms with Crippen molar-refractivity contribution in [3.8, 4) is 0 Å². The van der Waals surface area contributed by atoms with Crippen molar-refractivity contribution in [3.05, 3.63) is 57.7 Å². The highest BCUT2D eigenvalue weighted by Gasteiger charge is 2.18. The minimum atomic E-state index is 0.938. The van der Waals surface area contributed by atoms with Crippen molar-refractivity contribution in [2.45, 2.75) is 19.9 Å². The topological polar surface area (TPSA) is 16.1 Å². The van der Waals surface area contributed by atoms with Gasteiger partial charge in [0.05, 0.1) is 0 Å². The van der Waals surface area contributed by atoms with Crippen molar-refractivity contribution in [1.82, 2.24) is 4.98 Å². The first kappa shape index (κ1) is 11.7. The Kier molecular flexibility index (Phi) is 3.08. The molecule has 0 saturated heterocycles. The molecular formula is C15H15BrN2. The number of hydrogen-bond donors (Lipinski definition) is 0. The summed E-state index contributed by atoms with van der Waals surface area (Å²) in [5.41, 5.74) is 3.92. The molecule has 3 rings (SSSR count). The van der Waals surface area contributed by atoms with Crippen LogP contribution in [0.15, 0.2) is 40.9 Å². The summed E-state index contributed by atoms with van der Waals surface area (Å²) in [5.74, 6) is 1.08. The Morgan fingerprint density at radius 3 is 2.83 bits per heavy atom. The van der Waals surface area contributed by atoms with Crippen LogP contribution >= 0.6 is 15.9 Å². The molecule has 2 heterocycles. The number of fused-ring (bicyclic) bond motifs is 1. The van der Waals surface area contributed by atoms with Crippen LogP contribution in [0.3, 0.4) is 0 Å². The summed E-state index contributed by atoms with van der Waals surface area (Å²) in [4.78, 5) is 6.96. The van der Waals surface area contributed by atoms with Gasteiger partial charge < -0.3 is 4.90 Å². The third-order valence-electron chi connectivity index (χ3n) is 3.41. The van der Waals surface area contributed by atoms with Crippen molar-refractivity contribution >= 4 is 21.7 Å². The fourth-order valence-corrected chi connectivity index (χ4v) is 2.97. The van der Waals surface area contributed by atoms with Crippen molar-refractivity contribution in [2.24, 2.45) is 0 Å². The number of rotatable bonds is 1. The van der Waals surface area contributed by atoms with E-state index in [-0.39, 0.29) is 0 Å². The van der Waals surface area contributed by atoms with Gasteiger partial charge in [0.15, 0.2) is 0 Å². The van der Waals surface area contributed by atoms with Crippen LogP contribution in [0.2, 0.25) is 0 Å². The first-order valence-corrected chi connectivity index (χ1v) is 6.98. The summed E-state index contributed by atoms with van der Waals surface area (Å²) in [7, 11) is 0. The second-order valence-corrected chi connectivity index (χ2v) is 5.54. The van der Waals surface area contributed by atoms with Crippen molar-refractivity contribution in [2.75, 3.05) is 11.4 Å². The first-order chi connectivity index (χ1) is 8.74. The number of halogens is 1. The molecule has 0 bridgehead atoms. The summed E-state index contributed by atoms with van der Waals surface area (Å²) in [6.45, 7) is 4.02. The lowest BCUT2D eigenvalue weighted by atomic mass is 10.00. The van der Waals surface area contributed by atoms with Crippen LogP contribution in [0, 0.1) is 6.92 Å². The Labute approximate surface area is 116 Å². The van der Waals surface area contributed by atoms with Crippen LogP contribution < -0.4 is 4.90 Å². The molecule has 0 N–H and O–H groups in total. The van der Waals surface area contributed by atoms with Gasteiger partial charge in [0.25, 0.3) is 0 Å². The second kappa shape index (κ2) is 4.73. The summed E-state index contributed by atoms with van der Waals surface area (Å²) in [6.07, 6.45) is 1.09. The van der Waals surface area contributed by atoms with Gasteiger partial charge in [-0.1, -0.05) is 34.1 Å². The van der Waals surface area contributed by atoms with E-state index in [4.69, 9.17) is 0 Å². The fourth-order valence-electron chi connectivity index (χ4n) is 2.44. The summed E-state index contributed by atoms with van der Waals surface area (Å²) < 4.78 is 1.21. The molecule has 1 aliphatic rings. The Balaban J connectivity index is 1.93. The van der Waals surface area contributed by atoms with E-state index < -0.39 is 0 Å². The predicted octanol–water partition coefficient (Wildman–Crippen LogP) is 3.72. The lowest BCUT2D eigenvalue weighted by Gasteiger charge is -2.30. The predicted molar refractivity (Wildman–Crippen MR) is 77.9 cm³/mol. The average Bonchev–Trinajstić information content (AvgIpc) is 2.39. The highest BCUT2D eigenvalue weighted by atomic mass is 79.9. The normalized spacial score (nSPS) is 14.4. The fraction of sp³-hybridized carbons (Fsp3) is 0.267. The molecule has 0 spiro atoms. The number of aromatic nitrogens is 1. The van der Waals surface area contributed by atoms with Gasteiger partial charge in [0, 0.05) is 23.3 Å². The smallest absolute Gasteiger partial charge is 0.129 e. The molecule has 18 heavy (non-hydrogen) atoms. The zero-order valence-corrected chi connectivity index (χ0v) is 11.9. The van der Waals surface area contributed by atoms with Crippen LogP contribution in [0.5, 0.6) is 0 Å². The number of benzene rings is 1. The van der Waals surface area contributed by atoms with Gasteiger partial charge in [-0.2, -0.15) is 0 Å². The van der Waals surface area contributed by atoms with Crippen LogP contribution in [0.4, 0.5) is 5.82 Å². The number of nitrogens with zero attached hydrogens (tertiary/aromatic N) is 2. The van der Waals surface area contributed by atoms with E-state index >= 15 is 0 Å². The number of aryl methyl sites for hydroxylation is 1. The highest BCUT2D eigenvalue weighted by molar-refractivity contribution is 9.10. The molecule has 0 aliphatic carbocycles. The SMILES string of the molecule is Cc1cccc(N2CCc3cccc(Br)c3C2)n1. The lowest BCUT2D eigenvalue weighted by Crippen LogP contribution is -2.31. The van der Waals surface area contributed by atoms with E-state index in [1.165, 1.54) is 15.6 Å². The first-order valence-electron chi connectivity index (χ1n) is 6.19. The summed E-state index contributed by atoms with van der Waals surface area (Å²) >= 11 is 3.65. The molecule has 0 amide bonds. The number of hydrogen-bond acceptors (Lipinski definition) is 2. The molecule has 0 saturated carbocycles. The molecule has 2 aromatic rings. The minimum Gasteiger partial charge on any atom is -0.352 e. The molecule has 0 radical (unpaired) electrons. The number of anilines is 1. The maximum Gasteiger partial charge on any atom is 0.129 e. The maximum absolute atomic E-state index is 4.61. The Hall–Kier alpha value is -1.35. The van der Waals surface area contributed by atoms with Gasteiger partial charge in [0.1, 0.15) is 5.82 Å². The van der Waals surface area contributed by atoms with Gasteiger partial charge >= 0.3 is 0 Å². The molecule has 2 nitrogen and oxygen atoms in total. The van der Waals surface area contributed by atoms with Crippen LogP contribution in [0.25, 0.3) is 0 Å². The summed E-state index contributed by atoms with van der Waals surface area (Å²) in [5, 5.41) is 0. The quantitative estimate of drug-likeness (QED) is 0.798. The van der Waals surface area contributed by atoms with Crippen LogP contribution in [-0.4, -0.2) is 11.5 Å². The zero-order valence-electron chi connectivity index (χ0n) is 10.4. The van der Waals surface area contributed by atoms with Crippen molar-refractivity contribution in [3.63, 3.8) is 0 Å². The number of pyridine rings is 1. The molecule has 3 heteroatoms. The van der Waals surface area contributed by atoms with Crippen LogP contribution in [-0.2, 0) is 13.0 Å². The Bertz CT molecular complexity index is 580. The van der Waals surface area contributed by atoms with Crippen LogP contribution in [0.1, 0.15) is 16.8 Å². The standard InChI is InChI=1S/C15H15BrN2/c1-11-4-2-7-15(17-11)18-9-8-12-5-3-6-14(16)13(12)10-18/h2-7H,8-10H2,1H3. The van der Waals surface area contributed by atoms with E-state index in [0.717, 1.165) is 31.0 Å². The second-order valence-electron chi connectivity index (χ2n) is 4.69. The monoisotopic (exact) mass is 302 g/mol. The van der Waals surface area contributed by atoms with Crippen molar-refractivity contribution in [1.29, 1.82) is 0 Å². The molecule has 1 aromatic heterocycles. The largest absolute Gasteiger partial charge is 0.352 e. The van der Waals surface area contributed by atoms with E-state index in [2.05, 4.69) is 56.1 Å². The molecule has 0 unspecified atom stereocenters. The van der Waals surface area contributed by atoms with Gasteiger partial charge in [-0.25, -0.2) is 4.98 Å². The molecule has 0 fully saturated rings. The Morgan fingerprint density at radius 1 is 1.17 bits per heavy atom. The van der Waals surface area contributed by atoms with Crippen molar-refractivity contribution < 1.29 is 0 Å². The molecule has 1 aliphatic heterocycles. The lowest BCUT2D eigenvalue weighted by molar-refractivity contribution is 0.717. The summed E-state index contributed by atoms with van der Waals surface area (Å²) in [6, 6.07) is 12.7. The molecule has 92 valence electrons. The third-order valence-corrected chi connectivity index (χ3v) is 4.16. The molecule has 0 atom stereocenters. The zero-order chi connectivity index (χ0) is 12.5. The van der Waals surface area contributed by atoms with E-state index in [9.17, 15) is 0 Å². The van der Waals surface area contributed by atoms with Gasteiger partial charge in [-0.05, 0) is 42.7 Å². The van der Waals surface area contributed by atoms with E-state index in [0.29, 0.717) is 0 Å². The highest BCUT2D eigenvalue weighted by Crippen LogP contribution is 2.28. The van der Waals surface area contributed by atoms with Gasteiger partial charge in [-0.15, -0.1) is 0 Å². The molecular weight excluding hydrogens is 288 g/mol. The van der Waals surface area contributed by atoms with E-state index in [1.54, 1.807) is 0 Å².